The molecule has 6 nitrogen and oxygen atoms in total. The number of hydrogen-bond acceptors (Lipinski definition) is 15. The Hall–Kier alpha value is -3.47. The molecule has 12 heterocycles. The van der Waals surface area contributed by atoms with E-state index in [0.29, 0.717) is 39.6 Å². The second kappa shape index (κ2) is 24.9. The SMILES string of the molecule is CCCCCCc1ccc(-c2sc(-c3ccc(P(c4ccc(-c5sc(-c6ccc(CCCCCC)s6)c6c5OCCO6)s4)c4ccc(-c5sc(-c6ccc(CCCCCC)s6)c6c5OCCO6)s4)s3)c3c2OCCO3)s1. The summed E-state index contributed by atoms with van der Waals surface area (Å²) in [6.45, 7) is 10.2. The van der Waals surface area contributed by atoms with Crippen molar-refractivity contribution in [2.24, 2.45) is 0 Å². The Bertz CT molecular complexity index is 3020. The van der Waals surface area contributed by atoms with Crippen molar-refractivity contribution in [3.63, 3.8) is 0 Å². The third-order valence-corrected chi connectivity index (χ3v) is 28.7. The van der Waals surface area contributed by atoms with E-state index in [-0.39, 0.29) is 0 Å². The molecule has 3 aliphatic heterocycles. The van der Waals surface area contributed by atoms with Crippen LogP contribution in [0.25, 0.3) is 58.5 Å². The fourth-order valence-corrected chi connectivity index (χ4v) is 25.1. The monoisotopic (exact) mass is 1200 g/mol. The van der Waals surface area contributed by atoms with E-state index in [1.807, 2.05) is 102 Å². The second-order valence-electron chi connectivity index (χ2n) is 19.3. The van der Waals surface area contributed by atoms with E-state index in [2.05, 4.69) is 93.6 Å². The molecule has 9 aromatic rings. The average Bonchev–Trinajstić information content (AvgIpc) is 4.35. The second-order valence-corrected chi connectivity index (χ2v) is 32.2. The first kappa shape index (κ1) is 53.2. The van der Waals surface area contributed by atoms with E-state index in [4.69, 9.17) is 28.4 Å². The van der Waals surface area contributed by atoms with E-state index >= 15 is 0 Å². The third kappa shape index (κ3) is 11.3. The fourth-order valence-electron chi connectivity index (χ4n) is 9.94. The zero-order chi connectivity index (χ0) is 51.4. The van der Waals surface area contributed by atoms with Crippen LogP contribution in [0.5, 0.6) is 34.5 Å². The molecule has 0 radical (unpaired) electrons. The van der Waals surface area contributed by atoms with Crippen molar-refractivity contribution in [3.05, 3.63) is 87.4 Å². The van der Waals surface area contributed by atoms with Crippen LogP contribution >= 0.6 is 110 Å². The zero-order valence-electron chi connectivity index (χ0n) is 43.3. The number of unbranched alkanes of at least 4 members (excludes halogenated alkanes) is 9. The minimum absolute atomic E-state index is 0.551. The van der Waals surface area contributed by atoms with Gasteiger partial charge in [-0.1, -0.05) is 78.6 Å². The standard InChI is InChI=1S/C60H63O6PS9/c1-4-7-10-13-16-37-19-22-40(68-37)55-49-52(64-34-31-61-49)58(74-55)43-25-28-46(71-43)67(47-29-26-44(72-47)59-53-50(62-32-35-65-53)56(75-59)41-23-20-38(69-41)17-14-11-8-5-2)48-30-27-45(73-48)60-54-51(63-33-36-66-54)57(76-60)42-24-21-39(70-42)18-15-12-9-6-3/h19-30H,4-18,31-36H2,1-3H3. The number of hydrogen-bond donors (Lipinski definition) is 0. The van der Waals surface area contributed by atoms with Gasteiger partial charge in [-0.2, -0.15) is 0 Å². The Balaban J connectivity index is 0.905. The van der Waals surface area contributed by atoms with Gasteiger partial charge in [0.05, 0.1) is 29.3 Å². The molecule has 16 heteroatoms. The summed E-state index contributed by atoms with van der Waals surface area (Å²) in [6, 6.07) is 28.0. The molecular formula is C60H63O6PS9. The smallest absolute Gasteiger partial charge is 0.181 e. The quantitative estimate of drug-likeness (QED) is 0.0444. The van der Waals surface area contributed by atoms with E-state index in [1.54, 1.807) is 0 Å². The van der Waals surface area contributed by atoms with Crippen LogP contribution in [0.1, 0.15) is 112 Å². The van der Waals surface area contributed by atoms with Gasteiger partial charge in [0.2, 0.25) is 0 Å². The maximum Gasteiger partial charge on any atom is 0.181 e. The number of thiophene rings is 9. The van der Waals surface area contributed by atoms with E-state index in [1.165, 1.54) is 149 Å². The minimum atomic E-state index is -0.957. The van der Waals surface area contributed by atoms with Gasteiger partial charge in [-0.25, -0.2) is 0 Å². The van der Waals surface area contributed by atoms with Gasteiger partial charge >= 0.3 is 0 Å². The first-order chi connectivity index (χ1) is 37.5. The van der Waals surface area contributed by atoms with Crippen molar-refractivity contribution in [1.82, 2.24) is 0 Å². The highest BCUT2D eigenvalue weighted by atomic mass is 32.1. The van der Waals surface area contributed by atoms with Gasteiger partial charge in [-0.3, -0.25) is 0 Å². The molecule has 0 amide bonds. The van der Waals surface area contributed by atoms with Gasteiger partial charge in [-0.15, -0.1) is 102 Å². The minimum Gasteiger partial charge on any atom is -0.485 e. The Morgan fingerprint density at radius 3 is 0.803 bits per heavy atom. The molecule has 0 unspecified atom stereocenters. The molecular weight excluding hydrogens is 1140 g/mol. The van der Waals surface area contributed by atoms with Crippen molar-refractivity contribution < 1.29 is 28.4 Å². The van der Waals surface area contributed by atoms with Crippen LogP contribution in [-0.2, 0) is 19.3 Å². The van der Waals surface area contributed by atoms with E-state index in [9.17, 15) is 0 Å². The van der Waals surface area contributed by atoms with Crippen LogP contribution in [0.2, 0.25) is 0 Å². The maximum absolute atomic E-state index is 6.53. The van der Waals surface area contributed by atoms with Crippen molar-refractivity contribution >= 4 is 124 Å². The Kier molecular flexibility index (Phi) is 17.4. The number of fused-ring (bicyclic) bond motifs is 3. The van der Waals surface area contributed by atoms with Crippen LogP contribution in [0.3, 0.4) is 0 Å². The Morgan fingerprint density at radius 2 is 0.539 bits per heavy atom. The highest BCUT2D eigenvalue weighted by molar-refractivity contribution is 7.91. The lowest BCUT2D eigenvalue weighted by Crippen LogP contribution is -2.15. The van der Waals surface area contributed by atoms with E-state index in [0.717, 1.165) is 68.4 Å². The number of rotatable bonds is 24. The van der Waals surface area contributed by atoms with Crippen LogP contribution in [-0.4, -0.2) is 39.6 Å². The summed E-state index contributed by atoms with van der Waals surface area (Å²) in [5.41, 5.74) is 0. The highest BCUT2D eigenvalue weighted by Gasteiger charge is 2.33. The van der Waals surface area contributed by atoms with Crippen molar-refractivity contribution in [3.8, 4) is 93.0 Å². The molecule has 12 rings (SSSR count). The molecule has 3 aliphatic rings. The molecule has 0 saturated carbocycles. The van der Waals surface area contributed by atoms with Gasteiger partial charge in [0.1, 0.15) is 39.6 Å². The summed E-state index contributed by atoms with van der Waals surface area (Å²) < 4.78 is 43.1. The van der Waals surface area contributed by atoms with Crippen molar-refractivity contribution in [2.45, 2.75) is 117 Å². The molecule has 398 valence electrons. The lowest BCUT2D eigenvalue weighted by molar-refractivity contribution is 0.175. The topological polar surface area (TPSA) is 55.4 Å². The van der Waals surface area contributed by atoms with Crippen LogP contribution in [0.15, 0.2) is 72.8 Å². The van der Waals surface area contributed by atoms with Gasteiger partial charge in [0, 0.05) is 65.7 Å². The summed E-state index contributed by atoms with van der Waals surface area (Å²) in [7, 11) is -0.957. The fraction of sp³-hybridized carbons (Fsp3) is 0.400. The summed E-state index contributed by atoms with van der Waals surface area (Å²) in [4.78, 5) is 18.8. The molecule has 76 heavy (non-hydrogen) atoms. The summed E-state index contributed by atoms with van der Waals surface area (Å²) >= 11 is 16.9. The lowest BCUT2D eigenvalue weighted by atomic mass is 10.1. The van der Waals surface area contributed by atoms with Crippen LogP contribution < -0.4 is 42.3 Å². The normalized spacial score (nSPS) is 13.9. The van der Waals surface area contributed by atoms with Crippen LogP contribution in [0, 0.1) is 0 Å². The predicted molar refractivity (Wildman–Crippen MR) is 335 cm³/mol. The van der Waals surface area contributed by atoms with Gasteiger partial charge < -0.3 is 28.4 Å². The molecule has 0 saturated heterocycles. The van der Waals surface area contributed by atoms with Gasteiger partial charge in [0.15, 0.2) is 34.5 Å². The molecule has 0 N–H and O–H groups in total. The molecule has 0 spiro atoms. The average molecular weight is 1200 g/mol. The largest absolute Gasteiger partial charge is 0.485 e. The lowest BCUT2D eigenvalue weighted by Gasteiger charge is -2.17. The van der Waals surface area contributed by atoms with Gasteiger partial charge in [0.25, 0.3) is 0 Å². The maximum atomic E-state index is 6.53. The first-order valence-corrected chi connectivity index (χ1v) is 35.9. The van der Waals surface area contributed by atoms with Crippen molar-refractivity contribution in [1.29, 1.82) is 0 Å². The Morgan fingerprint density at radius 1 is 0.289 bits per heavy atom. The Labute approximate surface area is 485 Å². The zero-order valence-corrected chi connectivity index (χ0v) is 51.6. The number of aryl methyl sites for hydroxylation is 3. The first-order valence-electron chi connectivity index (χ1n) is 27.2. The summed E-state index contributed by atoms with van der Waals surface area (Å²) in [6.07, 6.45) is 18.6. The number of ether oxygens (including phenoxy) is 6. The highest BCUT2D eigenvalue weighted by Crippen LogP contribution is 2.60. The van der Waals surface area contributed by atoms with Crippen LogP contribution in [0.4, 0.5) is 0 Å². The molecule has 0 aromatic carbocycles. The summed E-state index contributed by atoms with van der Waals surface area (Å²) in [5, 5.41) is 0. The predicted octanol–water partition coefficient (Wildman–Crippen LogP) is 19.7. The van der Waals surface area contributed by atoms with Gasteiger partial charge in [-0.05, 0) is 111 Å². The molecule has 0 aliphatic carbocycles. The molecule has 9 aromatic heterocycles. The van der Waals surface area contributed by atoms with Crippen molar-refractivity contribution in [2.75, 3.05) is 39.6 Å². The summed E-state index contributed by atoms with van der Waals surface area (Å²) in [5.74, 6) is 5.38. The third-order valence-electron chi connectivity index (χ3n) is 13.8. The molecule has 0 atom stereocenters. The molecule has 0 fully saturated rings. The van der Waals surface area contributed by atoms with E-state index < -0.39 is 7.92 Å². The molecule has 0 bridgehead atoms.